The third kappa shape index (κ3) is 5.12. The highest BCUT2D eigenvalue weighted by molar-refractivity contribution is 7.91. The molecule has 1 rings (SSSR count). The van der Waals surface area contributed by atoms with Crippen molar-refractivity contribution in [1.29, 1.82) is 0 Å². The SMILES string of the molecule is COC(=O)CCS(=O)(=O)CCn1cc(N)ccc1=O. The molecule has 7 nitrogen and oxygen atoms in total. The number of hydrogen-bond acceptors (Lipinski definition) is 6. The van der Waals surface area contributed by atoms with Crippen LogP contribution in [0.25, 0.3) is 0 Å². The lowest BCUT2D eigenvalue weighted by Gasteiger charge is -2.07. The van der Waals surface area contributed by atoms with Gasteiger partial charge >= 0.3 is 5.97 Å². The lowest BCUT2D eigenvalue weighted by molar-refractivity contribution is -0.140. The Bertz CT molecular complexity index is 606. The summed E-state index contributed by atoms with van der Waals surface area (Å²) in [5.41, 5.74) is 5.57. The highest BCUT2D eigenvalue weighted by Crippen LogP contribution is 2.00. The predicted molar refractivity (Wildman–Crippen MR) is 70.4 cm³/mol. The van der Waals surface area contributed by atoms with Crippen molar-refractivity contribution in [2.75, 3.05) is 24.3 Å². The minimum absolute atomic E-state index is 0.00732. The quantitative estimate of drug-likeness (QED) is 0.701. The summed E-state index contributed by atoms with van der Waals surface area (Å²) in [6.45, 7) is 0.00732. The summed E-state index contributed by atoms with van der Waals surface area (Å²) in [4.78, 5) is 22.3. The summed E-state index contributed by atoms with van der Waals surface area (Å²) in [6, 6.07) is 2.72. The molecule has 0 fully saturated rings. The van der Waals surface area contributed by atoms with Gasteiger partial charge in [-0.1, -0.05) is 0 Å². The number of rotatable bonds is 6. The number of nitrogens with two attached hydrogens (primary N) is 1. The van der Waals surface area contributed by atoms with E-state index in [2.05, 4.69) is 4.74 Å². The van der Waals surface area contributed by atoms with Crippen molar-refractivity contribution >= 4 is 21.5 Å². The fourth-order valence-electron chi connectivity index (χ4n) is 1.40. The first-order valence-corrected chi connectivity index (χ1v) is 7.39. The van der Waals surface area contributed by atoms with Gasteiger partial charge in [-0.05, 0) is 6.07 Å². The van der Waals surface area contributed by atoms with Crippen LogP contribution in [0.5, 0.6) is 0 Å². The molecule has 0 saturated carbocycles. The van der Waals surface area contributed by atoms with E-state index in [0.717, 1.165) is 0 Å². The van der Waals surface area contributed by atoms with E-state index >= 15 is 0 Å². The van der Waals surface area contributed by atoms with E-state index in [-0.39, 0.29) is 30.0 Å². The second kappa shape index (κ2) is 6.37. The van der Waals surface area contributed by atoms with Crippen molar-refractivity contribution in [3.63, 3.8) is 0 Å². The summed E-state index contributed by atoms with van der Waals surface area (Å²) >= 11 is 0. The number of hydrogen-bond donors (Lipinski definition) is 1. The topological polar surface area (TPSA) is 108 Å². The highest BCUT2D eigenvalue weighted by Gasteiger charge is 2.14. The third-order valence-electron chi connectivity index (χ3n) is 2.49. The average molecular weight is 288 g/mol. The standard InChI is InChI=1S/C11H16N2O5S/c1-18-11(15)4-6-19(16,17)7-5-13-8-9(12)2-3-10(13)14/h2-3,8H,4-7,12H2,1H3. The van der Waals surface area contributed by atoms with Crippen LogP contribution in [0.4, 0.5) is 5.69 Å². The Labute approximate surface area is 110 Å². The predicted octanol–water partition coefficient (Wildman–Crippen LogP) is -0.592. The first-order valence-electron chi connectivity index (χ1n) is 5.57. The lowest BCUT2D eigenvalue weighted by atomic mass is 10.4. The van der Waals surface area contributed by atoms with Crippen LogP contribution in [0.2, 0.25) is 0 Å². The Morgan fingerprint density at radius 3 is 2.68 bits per heavy atom. The van der Waals surface area contributed by atoms with Gasteiger partial charge in [-0.15, -0.1) is 0 Å². The Balaban J connectivity index is 2.62. The molecule has 0 bridgehead atoms. The maximum atomic E-state index is 11.7. The molecule has 0 atom stereocenters. The number of aromatic nitrogens is 1. The summed E-state index contributed by atoms with van der Waals surface area (Å²) in [5.74, 6) is -1.10. The van der Waals surface area contributed by atoms with Gasteiger partial charge in [0.25, 0.3) is 5.56 Å². The van der Waals surface area contributed by atoms with E-state index < -0.39 is 15.8 Å². The molecule has 0 spiro atoms. The van der Waals surface area contributed by atoms with Gasteiger partial charge in [-0.3, -0.25) is 9.59 Å². The van der Waals surface area contributed by atoms with Gasteiger partial charge in [-0.25, -0.2) is 8.42 Å². The second-order valence-corrected chi connectivity index (χ2v) is 6.28. The summed E-state index contributed by atoms with van der Waals surface area (Å²) in [5, 5.41) is 0. The molecule has 1 heterocycles. The monoisotopic (exact) mass is 288 g/mol. The van der Waals surface area contributed by atoms with E-state index in [1.165, 1.54) is 30.0 Å². The van der Waals surface area contributed by atoms with E-state index in [0.29, 0.717) is 5.69 Å². The van der Waals surface area contributed by atoms with Crippen LogP contribution in [0.1, 0.15) is 6.42 Å². The van der Waals surface area contributed by atoms with E-state index in [1.54, 1.807) is 0 Å². The minimum Gasteiger partial charge on any atom is -0.469 e. The molecule has 0 aromatic carbocycles. The van der Waals surface area contributed by atoms with Crippen LogP contribution in [-0.2, 0) is 25.9 Å². The van der Waals surface area contributed by atoms with Crippen molar-refractivity contribution < 1.29 is 17.9 Å². The summed E-state index contributed by atoms with van der Waals surface area (Å²) in [7, 11) is -2.22. The lowest BCUT2D eigenvalue weighted by Crippen LogP contribution is -2.25. The second-order valence-electron chi connectivity index (χ2n) is 3.97. The maximum absolute atomic E-state index is 11.7. The zero-order chi connectivity index (χ0) is 14.5. The fourth-order valence-corrected chi connectivity index (χ4v) is 2.56. The number of carbonyl (C=O) groups is 1. The molecule has 0 amide bonds. The van der Waals surface area contributed by atoms with Crippen molar-refractivity contribution in [2.45, 2.75) is 13.0 Å². The number of ether oxygens (including phenoxy) is 1. The molecule has 0 unspecified atom stereocenters. The van der Waals surface area contributed by atoms with Gasteiger partial charge in [0.2, 0.25) is 0 Å². The van der Waals surface area contributed by atoms with Crippen LogP contribution in [0.15, 0.2) is 23.1 Å². The molecule has 2 N–H and O–H groups in total. The van der Waals surface area contributed by atoms with Crippen molar-refractivity contribution in [2.24, 2.45) is 0 Å². The van der Waals surface area contributed by atoms with Gasteiger partial charge in [-0.2, -0.15) is 0 Å². The molecule has 0 aliphatic carbocycles. The molecule has 106 valence electrons. The van der Waals surface area contributed by atoms with Crippen LogP contribution in [0, 0.1) is 0 Å². The molecule has 0 aliphatic heterocycles. The summed E-state index contributed by atoms with van der Waals surface area (Å²) < 4.78 is 28.9. The third-order valence-corrected chi connectivity index (χ3v) is 4.13. The molecule has 1 aromatic rings. The molecule has 0 saturated heterocycles. The van der Waals surface area contributed by atoms with Crippen LogP contribution in [0.3, 0.4) is 0 Å². The maximum Gasteiger partial charge on any atom is 0.306 e. The van der Waals surface area contributed by atoms with Crippen LogP contribution < -0.4 is 11.3 Å². The molecule has 0 radical (unpaired) electrons. The van der Waals surface area contributed by atoms with Gasteiger partial charge in [0.05, 0.1) is 25.0 Å². The highest BCUT2D eigenvalue weighted by atomic mass is 32.2. The first-order chi connectivity index (χ1) is 8.84. The molecule has 8 heteroatoms. The smallest absolute Gasteiger partial charge is 0.306 e. The number of pyridine rings is 1. The summed E-state index contributed by atoms with van der Waals surface area (Å²) in [6.07, 6.45) is 1.20. The number of carbonyl (C=O) groups excluding carboxylic acids is 1. The van der Waals surface area contributed by atoms with Gasteiger partial charge in [0.15, 0.2) is 9.84 Å². The van der Waals surface area contributed by atoms with Crippen LogP contribution >= 0.6 is 0 Å². The van der Waals surface area contributed by atoms with Crippen molar-refractivity contribution in [3.05, 3.63) is 28.7 Å². The Morgan fingerprint density at radius 2 is 2.05 bits per heavy atom. The fraction of sp³-hybridized carbons (Fsp3) is 0.455. The van der Waals surface area contributed by atoms with E-state index in [4.69, 9.17) is 5.73 Å². The van der Waals surface area contributed by atoms with Gasteiger partial charge < -0.3 is 15.0 Å². The normalized spacial score (nSPS) is 11.2. The number of nitrogens with zero attached hydrogens (tertiary/aromatic N) is 1. The number of anilines is 1. The molecular weight excluding hydrogens is 272 g/mol. The minimum atomic E-state index is -3.42. The molecular formula is C11H16N2O5S. The number of sulfone groups is 1. The number of aryl methyl sites for hydroxylation is 1. The first kappa shape index (κ1) is 15.2. The van der Waals surface area contributed by atoms with E-state index in [9.17, 15) is 18.0 Å². The average Bonchev–Trinajstić information content (AvgIpc) is 2.37. The number of esters is 1. The van der Waals surface area contributed by atoms with Crippen LogP contribution in [-0.4, -0.2) is 37.6 Å². The molecule has 0 aliphatic rings. The zero-order valence-electron chi connectivity index (χ0n) is 10.5. The number of nitrogen functional groups attached to an aromatic ring is 1. The Morgan fingerprint density at radius 1 is 1.37 bits per heavy atom. The largest absolute Gasteiger partial charge is 0.469 e. The van der Waals surface area contributed by atoms with Crippen molar-refractivity contribution in [1.82, 2.24) is 4.57 Å². The Hall–Kier alpha value is -1.83. The molecule has 19 heavy (non-hydrogen) atoms. The molecule has 1 aromatic heterocycles. The zero-order valence-corrected chi connectivity index (χ0v) is 11.4. The van der Waals surface area contributed by atoms with Gasteiger partial charge in [0, 0.05) is 24.5 Å². The number of methoxy groups -OCH3 is 1. The Kier molecular flexibility index (Phi) is 5.11. The van der Waals surface area contributed by atoms with Crippen molar-refractivity contribution in [3.8, 4) is 0 Å². The van der Waals surface area contributed by atoms with Gasteiger partial charge in [0.1, 0.15) is 0 Å². The van der Waals surface area contributed by atoms with E-state index in [1.807, 2.05) is 0 Å².